The number of ketones is 1. The van der Waals surface area contributed by atoms with Crippen LogP contribution in [0.15, 0.2) is 0 Å². The highest BCUT2D eigenvalue weighted by Gasteiger charge is 2.34. The van der Waals surface area contributed by atoms with Crippen LogP contribution in [0.2, 0.25) is 0 Å². The zero-order chi connectivity index (χ0) is 9.97. The Morgan fingerprint density at radius 2 is 1.93 bits per heavy atom. The fraction of sp³-hybridized carbons (Fsp3) is 0.917. The predicted molar refractivity (Wildman–Crippen MR) is 57.3 cm³/mol. The van der Waals surface area contributed by atoms with Crippen LogP contribution < -0.4 is 0 Å². The number of Topliss-reactive ketones (excluding diaryl/α,β-unsaturated/α-hetero) is 1. The van der Waals surface area contributed by atoms with Crippen molar-refractivity contribution in [3.63, 3.8) is 0 Å². The monoisotopic (exact) mass is 195 g/mol. The van der Waals surface area contributed by atoms with Crippen molar-refractivity contribution >= 4 is 5.78 Å². The molecule has 0 N–H and O–H groups in total. The summed E-state index contributed by atoms with van der Waals surface area (Å²) < 4.78 is 0. The van der Waals surface area contributed by atoms with Gasteiger partial charge in [-0.2, -0.15) is 0 Å². The van der Waals surface area contributed by atoms with E-state index >= 15 is 0 Å². The number of nitrogens with zero attached hydrogens (tertiary/aromatic N) is 1. The first kappa shape index (κ1) is 10.2. The Hall–Kier alpha value is -0.370. The van der Waals surface area contributed by atoms with E-state index in [4.69, 9.17) is 0 Å². The van der Waals surface area contributed by atoms with E-state index in [9.17, 15) is 4.79 Å². The van der Waals surface area contributed by atoms with E-state index in [0.29, 0.717) is 11.8 Å². The van der Waals surface area contributed by atoms with Gasteiger partial charge in [0.25, 0.3) is 0 Å². The van der Waals surface area contributed by atoms with Crippen molar-refractivity contribution in [3.8, 4) is 0 Å². The number of rotatable bonds is 3. The Labute approximate surface area is 86.7 Å². The highest BCUT2D eigenvalue weighted by Crippen LogP contribution is 2.29. The van der Waals surface area contributed by atoms with Gasteiger partial charge in [0.15, 0.2) is 0 Å². The Bertz CT molecular complexity index is 208. The molecule has 0 bridgehead atoms. The maximum Gasteiger partial charge on any atom is 0.149 e. The van der Waals surface area contributed by atoms with Gasteiger partial charge in [-0.15, -0.1) is 0 Å². The van der Waals surface area contributed by atoms with Crippen LogP contribution in [0.25, 0.3) is 0 Å². The average Bonchev–Trinajstić information content (AvgIpc) is 2.80. The van der Waals surface area contributed by atoms with Crippen molar-refractivity contribution in [2.45, 2.75) is 64.0 Å². The van der Waals surface area contributed by atoms with Gasteiger partial charge < -0.3 is 0 Å². The number of likely N-dealkylation sites (N-methyl/N-ethyl adjacent to an activating group) is 1. The second kappa shape index (κ2) is 4.43. The molecule has 0 spiro atoms. The molecule has 2 saturated carbocycles. The summed E-state index contributed by atoms with van der Waals surface area (Å²) in [6.07, 6.45) is 8.42. The summed E-state index contributed by atoms with van der Waals surface area (Å²) in [6, 6.07) is 0.996. The molecule has 2 nitrogen and oxygen atoms in total. The molecule has 14 heavy (non-hydrogen) atoms. The Balaban J connectivity index is 2.00. The first-order chi connectivity index (χ1) is 6.83. The largest absolute Gasteiger partial charge is 0.298 e. The summed E-state index contributed by atoms with van der Waals surface area (Å²) in [5.41, 5.74) is 0. The first-order valence-corrected chi connectivity index (χ1v) is 6.11. The van der Waals surface area contributed by atoms with Crippen molar-refractivity contribution in [2.24, 2.45) is 0 Å². The highest BCUT2D eigenvalue weighted by atomic mass is 16.1. The van der Waals surface area contributed by atoms with Crippen LogP contribution in [0.4, 0.5) is 0 Å². The van der Waals surface area contributed by atoms with Gasteiger partial charge >= 0.3 is 0 Å². The Morgan fingerprint density at radius 3 is 2.43 bits per heavy atom. The third-order valence-corrected chi connectivity index (χ3v) is 3.83. The van der Waals surface area contributed by atoms with E-state index in [1.807, 2.05) is 0 Å². The SMILES string of the molecule is CCN(C1CCCC1)C1CCCC1=O. The maximum absolute atomic E-state index is 11.7. The third-order valence-electron chi connectivity index (χ3n) is 3.83. The van der Waals surface area contributed by atoms with Crippen LogP contribution in [0.3, 0.4) is 0 Å². The molecule has 0 aromatic heterocycles. The minimum atomic E-state index is 0.281. The summed E-state index contributed by atoms with van der Waals surface area (Å²) in [4.78, 5) is 14.2. The van der Waals surface area contributed by atoms with E-state index in [-0.39, 0.29) is 6.04 Å². The molecule has 1 unspecified atom stereocenters. The molecule has 80 valence electrons. The lowest BCUT2D eigenvalue weighted by atomic mass is 10.1. The minimum absolute atomic E-state index is 0.281. The lowest BCUT2D eigenvalue weighted by molar-refractivity contribution is -0.122. The zero-order valence-electron chi connectivity index (χ0n) is 9.17. The molecule has 0 saturated heterocycles. The van der Waals surface area contributed by atoms with E-state index in [1.165, 1.54) is 25.7 Å². The number of hydrogen-bond acceptors (Lipinski definition) is 2. The molecule has 2 rings (SSSR count). The van der Waals surface area contributed by atoms with Crippen LogP contribution in [-0.4, -0.2) is 29.3 Å². The molecule has 0 amide bonds. The Kier molecular flexibility index (Phi) is 3.22. The molecule has 2 aliphatic carbocycles. The smallest absolute Gasteiger partial charge is 0.149 e. The van der Waals surface area contributed by atoms with Gasteiger partial charge in [-0.1, -0.05) is 19.8 Å². The number of carbonyl (C=O) groups is 1. The van der Waals surface area contributed by atoms with Gasteiger partial charge in [0, 0.05) is 12.5 Å². The second-order valence-corrected chi connectivity index (χ2v) is 4.64. The lowest BCUT2D eigenvalue weighted by Crippen LogP contribution is -2.44. The van der Waals surface area contributed by atoms with E-state index in [0.717, 1.165) is 25.8 Å². The van der Waals surface area contributed by atoms with Gasteiger partial charge in [0.1, 0.15) is 5.78 Å². The second-order valence-electron chi connectivity index (χ2n) is 4.64. The van der Waals surface area contributed by atoms with E-state index < -0.39 is 0 Å². The molecular weight excluding hydrogens is 174 g/mol. The number of hydrogen-bond donors (Lipinski definition) is 0. The fourth-order valence-corrected chi connectivity index (χ4v) is 3.12. The molecular formula is C12H21NO. The molecule has 1 atom stereocenters. The molecule has 0 aliphatic heterocycles. The van der Waals surface area contributed by atoms with Crippen molar-refractivity contribution in [1.29, 1.82) is 0 Å². The van der Waals surface area contributed by atoms with E-state index in [1.54, 1.807) is 0 Å². The lowest BCUT2D eigenvalue weighted by Gasteiger charge is -2.32. The molecule has 0 aromatic carbocycles. The van der Waals surface area contributed by atoms with Gasteiger partial charge in [-0.3, -0.25) is 9.69 Å². The summed E-state index contributed by atoms with van der Waals surface area (Å²) >= 11 is 0. The molecule has 2 fully saturated rings. The first-order valence-electron chi connectivity index (χ1n) is 6.11. The quantitative estimate of drug-likeness (QED) is 0.689. The summed E-state index contributed by atoms with van der Waals surface area (Å²) in [5, 5.41) is 0. The van der Waals surface area contributed by atoms with Crippen molar-refractivity contribution < 1.29 is 4.79 Å². The van der Waals surface area contributed by atoms with Crippen molar-refractivity contribution in [1.82, 2.24) is 4.90 Å². The molecule has 0 radical (unpaired) electrons. The molecule has 0 heterocycles. The van der Waals surface area contributed by atoms with Gasteiger partial charge in [-0.25, -0.2) is 0 Å². The van der Waals surface area contributed by atoms with Crippen LogP contribution in [0.5, 0.6) is 0 Å². The van der Waals surface area contributed by atoms with Crippen LogP contribution >= 0.6 is 0 Å². The van der Waals surface area contributed by atoms with E-state index in [2.05, 4.69) is 11.8 Å². The standard InChI is InChI=1S/C12H21NO/c1-2-13(10-6-3-4-7-10)11-8-5-9-12(11)14/h10-11H,2-9H2,1H3. The fourth-order valence-electron chi connectivity index (χ4n) is 3.12. The summed E-state index contributed by atoms with van der Waals surface area (Å²) in [6.45, 7) is 3.25. The summed E-state index contributed by atoms with van der Waals surface area (Å²) in [7, 11) is 0. The van der Waals surface area contributed by atoms with Crippen molar-refractivity contribution in [3.05, 3.63) is 0 Å². The van der Waals surface area contributed by atoms with Gasteiger partial charge in [-0.05, 0) is 32.2 Å². The van der Waals surface area contributed by atoms with Gasteiger partial charge in [0.2, 0.25) is 0 Å². The maximum atomic E-state index is 11.7. The predicted octanol–water partition coefficient (Wildman–Crippen LogP) is 2.37. The van der Waals surface area contributed by atoms with Gasteiger partial charge in [0.05, 0.1) is 6.04 Å². The van der Waals surface area contributed by atoms with Crippen LogP contribution in [0.1, 0.15) is 51.9 Å². The molecule has 0 aromatic rings. The zero-order valence-corrected chi connectivity index (χ0v) is 9.17. The minimum Gasteiger partial charge on any atom is -0.298 e. The molecule has 2 aliphatic rings. The number of carbonyl (C=O) groups excluding carboxylic acids is 1. The van der Waals surface area contributed by atoms with Crippen LogP contribution in [-0.2, 0) is 4.79 Å². The third kappa shape index (κ3) is 1.85. The topological polar surface area (TPSA) is 20.3 Å². The highest BCUT2D eigenvalue weighted by molar-refractivity contribution is 5.85. The molecule has 2 heteroatoms. The van der Waals surface area contributed by atoms with Crippen LogP contribution in [0, 0.1) is 0 Å². The average molecular weight is 195 g/mol. The van der Waals surface area contributed by atoms with Crippen molar-refractivity contribution in [2.75, 3.05) is 6.54 Å². The summed E-state index contributed by atoms with van der Waals surface area (Å²) in [5.74, 6) is 0.499. The normalized spacial score (nSPS) is 29.3. The Morgan fingerprint density at radius 1 is 1.21 bits per heavy atom.